The van der Waals surface area contributed by atoms with Crippen molar-refractivity contribution >= 4 is 28.6 Å². The van der Waals surface area contributed by atoms with Crippen LogP contribution in [-0.4, -0.2) is 26.9 Å². The van der Waals surface area contributed by atoms with Gasteiger partial charge in [-0.25, -0.2) is 4.98 Å². The maximum Gasteiger partial charge on any atom is 0.249 e. The molecule has 3 N–H and O–H groups in total. The van der Waals surface area contributed by atoms with Crippen molar-refractivity contribution < 1.29 is 4.79 Å². The average molecular weight is 337 g/mol. The highest BCUT2D eigenvalue weighted by molar-refractivity contribution is 5.93. The number of pyridine rings is 1. The van der Waals surface area contributed by atoms with Gasteiger partial charge in [-0.2, -0.15) is 4.98 Å². The fraction of sp³-hybridized carbons (Fsp3) is 0.222. The van der Waals surface area contributed by atoms with E-state index >= 15 is 0 Å². The van der Waals surface area contributed by atoms with Crippen LogP contribution in [0.15, 0.2) is 47.4 Å². The number of hydrogen-bond donors (Lipinski definition) is 2. The molecular weight excluding hydrogens is 318 g/mol. The van der Waals surface area contributed by atoms with Crippen molar-refractivity contribution in [2.75, 3.05) is 4.90 Å². The molecule has 1 unspecified atom stereocenters. The van der Waals surface area contributed by atoms with Gasteiger partial charge in [0.25, 0.3) is 0 Å². The van der Waals surface area contributed by atoms with Gasteiger partial charge in [-0.3, -0.25) is 9.59 Å². The van der Waals surface area contributed by atoms with E-state index in [1.54, 1.807) is 24.4 Å². The first kappa shape index (κ1) is 16.6. The van der Waals surface area contributed by atoms with E-state index < -0.39 is 5.91 Å². The average Bonchev–Trinajstić information content (AvgIpc) is 2.61. The molecule has 0 saturated heterocycles. The van der Waals surface area contributed by atoms with E-state index in [4.69, 9.17) is 5.73 Å². The topological polar surface area (TPSA) is 105 Å². The minimum absolute atomic E-state index is 0.118. The van der Waals surface area contributed by atoms with Gasteiger partial charge in [0.05, 0.1) is 0 Å². The van der Waals surface area contributed by atoms with E-state index in [0.29, 0.717) is 17.2 Å². The molecule has 3 aromatic rings. The van der Waals surface area contributed by atoms with E-state index in [1.165, 1.54) is 6.07 Å². The molecule has 3 rings (SSSR count). The van der Waals surface area contributed by atoms with Crippen LogP contribution in [-0.2, 0) is 0 Å². The Morgan fingerprint density at radius 1 is 1.24 bits per heavy atom. The number of carbonyl (C=O) groups excluding carboxylic acids is 1. The number of nitrogens with zero attached hydrogens (tertiary/aromatic N) is 3. The molecule has 0 radical (unpaired) electrons. The smallest absolute Gasteiger partial charge is 0.249 e. The molecule has 0 saturated carbocycles. The molecule has 128 valence electrons. The number of primary amides is 1. The fourth-order valence-electron chi connectivity index (χ4n) is 2.58. The molecule has 0 aliphatic carbocycles. The van der Waals surface area contributed by atoms with Gasteiger partial charge in [0.15, 0.2) is 0 Å². The Labute approximate surface area is 144 Å². The lowest BCUT2D eigenvalue weighted by atomic mass is 10.1. The van der Waals surface area contributed by atoms with Crippen LogP contribution in [0.1, 0.15) is 30.6 Å². The lowest BCUT2D eigenvalue weighted by Gasteiger charge is -2.28. The van der Waals surface area contributed by atoms with Gasteiger partial charge in [0.1, 0.15) is 5.65 Å². The molecule has 0 aliphatic heterocycles. The third-order valence-corrected chi connectivity index (χ3v) is 4.14. The Balaban J connectivity index is 2.09. The van der Waals surface area contributed by atoms with Crippen LogP contribution in [0.5, 0.6) is 0 Å². The molecule has 7 nitrogen and oxygen atoms in total. The van der Waals surface area contributed by atoms with Gasteiger partial charge in [-0.1, -0.05) is 6.92 Å². The van der Waals surface area contributed by atoms with Crippen LogP contribution in [0.2, 0.25) is 0 Å². The first-order valence-electron chi connectivity index (χ1n) is 8.04. The third kappa shape index (κ3) is 3.35. The number of benzene rings is 1. The number of H-pyrrole nitrogens is 1. The lowest BCUT2D eigenvalue weighted by Crippen LogP contribution is -2.29. The Kier molecular flexibility index (Phi) is 4.47. The summed E-state index contributed by atoms with van der Waals surface area (Å²) in [6.45, 7) is 4.13. The minimum atomic E-state index is -0.471. The highest BCUT2D eigenvalue weighted by Gasteiger charge is 2.19. The van der Waals surface area contributed by atoms with Gasteiger partial charge < -0.3 is 15.6 Å². The van der Waals surface area contributed by atoms with E-state index in [2.05, 4.69) is 28.8 Å². The summed E-state index contributed by atoms with van der Waals surface area (Å²) in [4.78, 5) is 36.5. The zero-order chi connectivity index (χ0) is 18.0. The SMILES string of the molecule is CCC(C)N(c1ccc(C(N)=O)cc1)c1ncc2ccc(=O)[nH]c2n1. The standard InChI is InChI=1S/C18H19N5O2/c1-3-11(2)23(14-7-4-12(5-8-14)16(19)25)18-20-10-13-6-9-15(24)21-17(13)22-18/h4-11H,3H2,1-2H3,(H2,19,25)(H,20,21,22,24). The third-order valence-electron chi connectivity index (χ3n) is 4.14. The molecule has 2 aromatic heterocycles. The minimum Gasteiger partial charge on any atom is -0.366 e. The molecule has 0 spiro atoms. The van der Waals surface area contributed by atoms with Crippen molar-refractivity contribution in [3.05, 3.63) is 58.5 Å². The molecule has 0 fully saturated rings. The first-order valence-corrected chi connectivity index (χ1v) is 8.04. The monoisotopic (exact) mass is 337 g/mol. The predicted octanol–water partition coefficient (Wildman–Crippen LogP) is 2.35. The molecule has 1 aromatic carbocycles. The fourth-order valence-corrected chi connectivity index (χ4v) is 2.58. The number of amides is 1. The normalized spacial score (nSPS) is 12.1. The van der Waals surface area contributed by atoms with Crippen molar-refractivity contribution in [2.45, 2.75) is 26.3 Å². The second-order valence-corrected chi connectivity index (χ2v) is 5.83. The van der Waals surface area contributed by atoms with Gasteiger partial charge in [-0.15, -0.1) is 0 Å². The van der Waals surface area contributed by atoms with E-state index in [1.807, 2.05) is 17.0 Å². The lowest BCUT2D eigenvalue weighted by molar-refractivity contribution is 0.100. The van der Waals surface area contributed by atoms with Crippen molar-refractivity contribution in [1.29, 1.82) is 0 Å². The van der Waals surface area contributed by atoms with Crippen LogP contribution in [0.25, 0.3) is 11.0 Å². The second kappa shape index (κ2) is 6.72. The van der Waals surface area contributed by atoms with Crippen LogP contribution in [0, 0.1) is 0 Å². The van der Waals surface area contributed by atoms with Gasteiger partial charge in [-0.05, 0) is 43.7 Å². The summed E-state index contributed by atoms with van der Waals surface area (Å²) >= 11 is 0. The molecule has 0 bridgehead atoms. The number of fused-ring (bicyclic) bond motifs is 1. The number of hydrogen-bond acceptors (Lipinski definition) is 5. The molecular formula is C18H19N5O2. The molecule has 2 heterocycles. The second-order valence-electron chi connectivity index (χ2n) is 5.83. The number of aromatic amines is 1. The van der Waals surface area contributed by atoms with E-state index in [0.717, 1.165) is 17.5 Å². The van der Waals surface area contributed by atoms with Crippen molar-refractivity contribution in [2.24, 2.45) is 5.73 Å². The van der Waals surface area contributed by atoms with E-state index in [-0.39, 0.29) is 11.6 Å². The van der Waals surface area contributed by atoms with Crippen LogP contribution in [0.4, 0.5) is 11.6 Å². The predicted molar refractivity (Wildman–Crippen MR) is 97.0 cm³/mol. The zero-order valence-electron chi connectivity index (χ0n) is 14.1. The Morgan fingerprint density at radius 3 is 2.60 bits per heavy atom. The zero-order valence-corrected chi connectivity index (χ0v) is 14.1. The molecule has 1 amide bonds. The summed E-state index contributed by atoms with van der Waals surface area (Å²) in [6.07, 6.45) is 2.55. The van der Waals surface area contributed by atoms with Crippen LogP contribution in [0.3, 0.4) is 0 Å². The van der Waals surface area contributed by atoms with Crippen molar-refractivity contribution in [3.63, 3.8) is 0 Å². The molecule has 7 heteroatoms. The number of carbonyl (C=O) groups is 1. The van der Waals surface area contributed by atoms with Crippen molar-refractivity contribution in [1.82, 2.24) is 15.0 Å². The number of nitrogens with two attached hydrogens (primary N) is 1. The summed E-state index contributed by atoms with van der Waals surface area (Å²) in [6, 6.07) is 10.2. The summed E-state index contributed by atoms with van der Waals surface area (Å²) in [5, 5.41) is 0.761. The van der Waals surface area contributed by atoms with Crippen LogP contribution >= 0.6 is 0 Å². The van der Waals surface area contributed by atoms with Crippen LogP contribution < -0.4 is 16.2 Å². The van der Waals surface area contributed by atoms with E-state index in [9.17, 15) is 9.59 Å². The summed E-state index contributed by atoms with van der Waals surface area (Å²) in [5.41, 5.74) is 6.86. The number of aromatic nitrogens is 3. The summed E-state index contributed by atoms with van der Waals surface area (Å²) < 4.78 is 0. The molecule has 0 aliphatic rings. The van der Waals surface area contributed by atoms with Gasteiger partial charge >= 0.3 is 0 Å². The Bertz CT molecular complexity index is 965. The van der Waals surface area contributed by atoms with Gasteiger partial charge in [0, 0.05) is 34.9 Å². The summed E-state index contributed by atoms with van der Waals surface area (Å²) in [7, 11) is 0. The summed E-state index contributed by atoms with van der Waals surface area (Å²) in [5.74, 6) is 0.0108. The number of anilines is 2. The number of nitrogens with one attached hydrogen (secondary N) is 1. The molecule has 25 heavy (non-hydrogen) atoms. The Hall–Kier alpha value is -3.22. The highest BCUT2D eigenvalue weighted by atomic mass is 16.1. The maximum absolute atomic E-state index is 11.6. The quantitative estimate of drug-likeness (QED) is 0.743. The van der Waals surface area contributed by atoms with Gasteiger partial charge in [0.2, 0.25) is 17.4 Å². The number of rotatable bonds is 5. The first-order chi connectivity index (χ1) is 12.0. The van der Waals surface area contributed by atoms with Crippen molar-refractivity contribution in [3.8, 4) is 0 Å². The maximum atomic E-state index is 11.6. The Morgan fingerprint density at radius 2 is 1.96 bits per heavy atom. The highest BCUT2D eigenvalue weighted by Crippen LogP contribution is 2.27. The largest absolute Gasteiger partial charge is 0.366 e. The molecule has 1 atom stereocenters.